The van der Waals surface area contributed by atoms with Gasteiger partial charge in [-0.3, -0.25) is 4.79 Å². The SMILES string of the molecule is CCOC(=O)C1=C(C)NC2=C(C(=O)C[C@H](c3ccc(Cl)cc3)C2)[C@@H]1c1ccc(O)c(OC)c1. The molecule has 33 heavy (non-hydrogen) atoms. The van der Waals surface area contributed by atoms with Crippen molar-refractivity contribution in [1.82, 2.24) is 5.32 Å². The van der Waals surface area contributed by atoms with E-state index in [1.807, 2.05) is 31.2 Å². The van der Waals surface area contributed by atoms with Crippen LogP contribution in [-0.4, -0.2) is 30.6 Å². The number of methoxy groups -OCH3 is 1. The van der Waals surface area contributed by atoms with E-state index in [2.05, 4.69) is 5.32 Å². The largest absolute Gasteiger partial charge is 0.504 e. The molecule has 6 nitrogen and oxygen atoms in total. The molecule has 7 heteroatoms. The summed E-state index contributed by atoms with van der Waals surface area (Å²) in [6.07, 6.45) is 0.949. The molecule has 1 aliphatic carbocycles. The van der Waals surface area contributed by atoms with E-state index in [-0.39, 0.29) is 29.8 Å². The molecule has 0 amide bonds. The van der Waals surface area contributed by atoms with Crippen LogP contribution < -0.4 is 10.1 Å². The van der Waals surface area contributed by atoms with Crippen molar-refractivity contribution in [2.75, 3.05) is 13.7 Å². The Balaban J connectivity index is 1.82. The predicted molar refractivity (Wildman–Crippen MR) is 125 cm³/mol. The molecule has 0 bridgehead atoms. The van der Waals surface area contributed by atoms with Crippen molar-refractivity contribution in [3.8, 4) is 11.5 Å². The number of carbonyl (C=O) groups excluding carboxylic acids is 2. The summed E-state index contributed by atoms with van der Waals surface area (Å²) in [6.45, 7) is 3.78. The van der Waals surface area contributed by atoms with Gasteiger partial charge in [-0.2, -0.15) is 0 Å². The van der Waals surface area contributed by atoms with Gasteiger partial charge in [-0.25, -0.2) is 4.79 Å². The van der Waals surface area contributed by atoms with Gasteiger partial charge < -0.3 is 19.9 Å². The second-order valence-electron chi connectivity index (χ2n) is 8.22. The van der Waals surface area contributed by atoms with Crippen LogP contribution in [0.3, 0.4) is 0 Å². The Morgan fingerprint density at radius 1 is 1.15 bits per heavy atom. The fourth-order valence-electron chi connectivity index (χ4n) is 4.70. The minimum atomic E-state index is -0.617. The second kappa shape index (κ2) is 9.32. The van der Waals surface area contributed by atoms with Crippen LogP contribution in [0, 0.1) is 0 Å². The van der Waals surface area contributed by atoms with Crippen LogP contribution in [0.25, 0.3) is 0 Å². The normalized spacial score (nSPS) is 20.3. The first-order valence-corrected chi connectivity index (χ1v) is 11.2. The summed E-state index contributed by atoms with van der Waals surface area (Å²) in [5.74, 6) is -0.855. The fourth-order valence-corrected chi connectivity index (χ4v) is 4.82. The number of carbonyl (C=O) groups is 2. The number of esters is 1. The predicted octanol–water partition coefficient (Wildman–Crippen LogP) is 4.98. The van der Waals surface area contributed by atoms with E-state index in [0.29, 0.717) is 40.3 Å². The molecule has 0 saturated carbocycles. The molecule has 2 aromatic rings. The summed E-state index contributed by atoms with van der Waals surface area (Å²) in [7, 11) is 1.46. The molecule has 2 N–H and O–H groups in total. The van der Waals surface area contributed by atoms with Gasteiger partial charge in [0.25, 0.3) is 0 Å². The third-order valence-corrected chi connectivity index (χ3v) is 6.45. The van der Waals surface area contributed by atoms with Crippen LogP contribution >= 0.6 is 11.6 Å². The van der Waals surface area contributed by atoms with Gasteiger partial charge in [-0.1, -0.05) is 29.8 Å². The van der Waals surface area contributed by atoms with Gasteiger partial charge in [-0.15, -0.1) is 0 Å². The number of Topliss-reactive ketones (excluding diaryl/α,β-unsaturated/α-hetero) is 1. The summed E-state index contributed by atoms with van der Waals surface area (Å²) in [5, 5.41) is 14.0. The summed E-state index contributed by atoms with van der Waals surface area (Å²) < 4.78 is 10.6. The third kappa shape index (κ3) is 4.35. The van der Waals surface area contributed by atoms with Crippen LogP contribution in [0.2, 0.25) is 5.02 Å². The van der Waals surface area contributed by atoms with Crippen molar-refractivity contribution in [1.29, 1.82) is 0 Å². The van der Waals surface area contributed by atoms with Crippen LogP contribution in [0.15, 0.2) is 65.0 Å². The highest BCUT2D eigenvalue weighted by Gasteiger charge is 2.41. The molecule has 172 valence electrons. The standard InChI is InChI=1S/C26H26ClNO5/c1-4-33-26(31)23-14(2)28-19-11-17(15-5-8-18(27)9-6-15)12-21(30)25(19)24(23)16-7-10-20(29)22(13-16)32-3/h5-10,13,17,24,28-29H,4,11-12H2,1-3H3/t17-,24-/m1/s1. The van der Waals surface area contributed by atoms with E-state index in [9.17, 15) is 14.7 Å². The zero-order valence-corrected chi connectivity index (χ0v) is 19.5. The molecule has 0 fully saturated rings. The lowest BCUT2D eigenvalue weighted by molar-refractivity contribution is -0.138. The number of phenols is 1. The molecule has 0 spiro atoms. The molecule has 1 aliphatic heterocycles. The monoisotopic (exact) mass is 467 g/mol. The molecule has 1 heterocycles. The van der Waals surface area contributed by atoms with Crippen LogP contribution in [0.5, 0.6) is 11.5 Å². The molecule has 0 unspecified atom stereocenters. The summed E-state index contributed by atoms with van der Waals surface area (Å²) in [6, 6.07) is 12.4. The van der Waals surface area contributed by atoms with E-state index in [0.717, 1.165) is 11.3 Å². The topological polar surface area (TPSA) is 84.9 Å². The average molecular weight is 468 g/mol. The molecule has 4 rings (SSSR count). The van der Waals surface area contributed by atoms with Crippen LogP contribution in [0.4, 0.5) is 0 Å². The first kappa shape index (κ1) is 22.9. The number of allylic oxidation sites excluding steroid dienone is 3. The number of dihydropyridines is 1. The third-order valence-electron chi connectivity index (χ3n) is 6.20. The molecule has 2 atom stereocenters. The minimum absolute atomic E-state index is 0.00737. The number of aromatic hydroxyl groups is 1. The lowest BCUT2D eigenvalue weighted by Crippen LogP contribution is -2.36. The number of ether oxygens (including phenoxy) is 2. The Bertz CT molecular complexity index is 1170. The van der Waals surface area contributed by atoms with Gasteiger partial charge in [0.1, 0.15) is 0 Å². The van der Waals surface area contributed by atoms with Crippen molar-refractivity contribution < 1.29 is 24.2 Å². The lowest BCUT2D eigenvalue weighted by Gasteiger charge is -2.36. The van der Waals surface area contributed by atoms with Crippen molar-refractivity contribution in [2.45, 2.75) is 38.5 Å². The highest BCUT2D eigenvalue weighted by Crippen LogP contribution is 2.46. The average Bonchev–Trinajstić information content (AvgIpc) is 2.79. The molecule has 0 radical (unpaired) electrons. The molecular weight excluding hydrogens is 442 g/mol. The van der Waals surface area contributed by atoms with E-state index >= 15 is 0 Å². The number of benzene rings is 2. The second-order valence-corrected chi connectivity index (χ2v) is 8.66. The van der Waals surface area contributed by atoms with Crippen molar-refractivity contribution >= 4 is 23.4 Å². The number of nitrogens with one attached hydrogen (secondary N) is 1. The smallest absolute Gasteiger partial charge is 0.336 e. The summed E-state index contributed by atoms with van der Waals surface area (Å²) in [5.41, 5.74) is 4.12. The molecular formula is C26H26ClNO5. The Morgan fingerprint density at radius 2 is 1.85 bits per heavy atom. The Morgan fingerprint density at radius 3 is 2.52 bits per heavy atom. The highest BCUT2D eigenvalue weighted by molar-refractivity contribution is 6.30. The minimum Gasteiger partial charge on any atom is -0.504 e. The van der Waals surface area contributed by atoms with Gasteiger partial charge in [0.05, 0.1) is 19.3 Å². The van der Waals surface area contributed by atoms with Gasteiger partial charge in [0.15, 0.2) is 17.3 Å². The number of hydrogen-bond donors (Lipinski definition) is 2. The number of ketones is 1. The van der Waals surface area contributed by atoms with E-state index < -0.39 is 11.9 Å². The van der Waals surface area contributed by atoms with E-state index in [1.54, 1.807) is 19.1 Å². The maximum Gasteiger partial charge on any atom is 0.336 e. The van der Waals surface area contributed by atoms with E-state index in [4.69, 9.17) is 21.1 Å². The van der Waals surface area contributed by atoms with Crippen LogP contribution in [0.1, 0.15) is 49.7 Å². The number of halogens is 1. The molecule has 2 aliphatic rings. The van der Waals surface area contributed by atoms with E-state index in [1.165, 1.54) is 13.2 Å². The van der Waals surface area contributed by atoms with Gasteiger partial charge in [0.2, 0.25) is 0 Å². The van der Waals surface area contributed by atoms with Crippen molar-refractivity contribution in [3.05, 3.63) is 81.2 Å². The summed E-state index contributed by atoms with van der Waals surface area (Å²) in [4.78, 5) is 26.5. The highest BCUT2D eigenvalue weighted by atomic mass is 35.5. The number of hydrogen-bond acceptors (Lipinski definition) is 6. The Kier molecular flexibility index (Phi) is 6.47. The Labute approximate surface area is 197 Å². The maximum absolute atomic E-state index is 13.5. The zero-order chi connectivity index (χ0) is 23.7. The van der Waals surface area contributed by atoms with Gasteiger partial charge >= 0.3 is 5.97 Å². The molecule has 0 aromatic heterocycles. The zero-order valence-electron chi connectivity index (χ0n) is 18.8. The first-order chi connectivity index (χ1) is 15.8. The fraction of sp³-hybridized carbons (Fsp3) is 0.308. The molecule has 0 saturated heterocycles. The number of rotatable bonds is 5. The van der Waals surface area contributed by atoms with Gasteiger partial charge in [0, 0.05) is 34.3 Å². The van der Waals surface area contributed by atoms with Crippen molar-refractivity contribution in [2.24, 2.45) is 0 Å². The van der Waals surface area contributed by atoms with Gasteiger partial charge in [-0.05, 0) is 61.6 Å². The Hall–Kier alpha value is -3.25. The first-order valence-electron chi connectivity index (χ1n) is 10.9. The lowest BCUT2D eigenvalue weighted by atomic mass is 9.71. The quantitative estimate of drug-likeness (QED) is 0.603. The summed E-state index contributed by atoms with van der Waals surface area (Å²) >= 11 is 6.04. The van der Waals surface area contributed by atoms with Crippen LogP contribution in [-0.2, 0) is 14.3 Å². The number of phenolic OH excluding ortho intramolecular Hbond substituents is 1. The van der Waals surface area contributed by atoms with Crippen molar-refractivity contribution in [3.63, 3.8) is 0 Å². The molecule has 2 aromatic carbocycles. The maximum atomic E-state index is 13.5.